The number of hydrogen-bond acceptors (Lipinski definition) is 4. The molecular formula is C19H24NNaO3. The van der Waals surface area contributed by atoms with E-state index >= 15 is 0 Å². The van der Waals surface area contributed by atoms with Crippen LogP contribution in [0.3, 0.4) is 0 Å². The van der Waals surface area contributed by atoms with Crippen LogP contribution < -0.4 is 34.7 Å². The first kappa shape index (κ1) is 15.4. The maximum Gasteiger partial charge on any atom is 1.00 e. The predicted octanol–water partition coefficient (Wildman–Crippen LogP) is -2.20. The van der Waals surface area contributed by atoms with E-state index in [-0.39, 0.29) is 57.3 Å². The Morgan fingerprint density at radius 2 is 1.96 bits per heavy atom. The molecule has 0 aromatic carbocycles. The van der Waals surface area contributed by atoms with Gasteiger partial charge < -0.3 is 14.6 Å². The van der Waals surface area contributed by atoms with Gasteiger partial charge in [-0.2, -0.15) is 0 Å². The fourth-order valence-corrected chi connectivity index (χ4v) is 10.2. The average molecular weight is 337 g/mol. The molecular weight excluding hydrogens is 313 g/mol. The Hall–Kier alpha value is 0.390. The van der Waals surface area contributed by atoms with Crippen LogP contribution in [0.15, 0.2) is 0 Å². The van der Waals surface area contributed by atoms with Gasteiger partial charge in [0.05, 0.1) is 12.2 Å². The van der Waals surface area contributed by atoms with E-state index in [4.69, 9.17) is 4.74 Å². The molecule has 124 valence electrons. The maximum atomic E-state index is 12.0. The molecule has 8 fully saturated rings. The minimum atomic E-state index is -0.764. The van der Waals surface area contributed by atoms with E-state index in [1.54, 1.807) is 0 Å². The predicted molar refractivity (Wildman–Crippen MR) is 79.1 cm³/mol. The summed E-state index contributed by atoms with van der Waals surface area (Å²) in [6, 6.07) is 0.644. The molecule has 4 aliphatic carbocycles. The summed E-state index contributed by atoms with van der Waals surface area (Å²) in [4.78, 5) is 14.8. The van der Waals surface area contributed by atoms with Crippen LogP contribution in [-0.4, -0.2) is 42.2 Å². The van der Waals surface area contributed by atoms with Crippen LogP contribution in [0.2, 0.25) is 0 Å². The Morgan fingerprint density at radius 1 is 1.12 bits per heavy atom. The molecule has 8 rings (SSSR count). The van der Waals surface area contributed by atoms with Crippen molar-refractivity contribution in [2.24, 2.45) is 34.0 Å². The van der Waals surface area contributed by atoms with Crippen molar-refractivity contribution < 1.29 is 44.2 Å². The van der Waals surface area contributed by atoms with Crippen LogP contribution in [0.1, 0.15) is 44.9 Å². The maximum absolute atomic E-state index is 12.0. The van der Waals surface area contributed by atoms with Crippen molar-refractivity contribution >= 4 is 5.97 Å². The summed E-state index contributed by atoms with van der Waals surface area (Å²) < 4.78 is 6.80. The average Bonchev–Trinajstić information content (AvgIpc) is 3.09. The second kappa shape index (κ2) is 4.11. The monoisotopic (exact) mass is 337 g/mol. The SMILES string of the molecule is O=C([O-])[C@@H]1C[C@]23[C@@H]4CC[C@]25CO[C@@]26CCC5CN4C[C@]23[C@@H]1CC6.[Na+]. The van der Waals surface area contributed by atoms with Gasteiger partial charge in [0, 0.05) is 47.3 Å². The van der Waals surface area contributed by atoms with E-state index in [2.05, 4.69) is 4.90 Å². The van der Waals surface area contributed by atoms with Crippen molar-refractivity contribution in [2.45, 2.75) is 56.6 Å². The van der Waals surface area contributed by atoms with E-state index in [9.17, 15) is 9.90 Å². The van der Waals surface area contributed by atoms with Crippen LogP contribution in [0, 0.1) is 34.0 Å². The molecule has 4 saturated carbocycles. The largest absolute Gasteiger partial charge is 1.00 e. The minimum absolute atomic E-state index is 0. The second-order valence-corrected chi connectivity index (χ2v) is 9.88. The van der Waals surface area contributed by atoms with Crippen molar-refractivity contribution in [2.75, 3.05) is 19.7 Å². The third kappa shape index (κ3) is 1.10. The molecule has 4 spiro atoms. The summed E-state index contributed by atoms with van der Waals surface area (Å²) in [5.41, 5.74) is 0.661. The van der Waals surface area contributed by atoms with E-state index in [0.717, 1.165) is 38.3 Å². The number of ether oxygens (including phenoxy) is 1. The number of carbonyl (C=O) groups excluding carboxylic acids is 1. The number of aliphatic carboxylic acids is 1. The second-order valence-electron chi connectivity index (χ2n) is 9.88. The Labute approximate surface area is 165 Å². The van der Waals surface area contributed by atoms with Crippen LogP contribution >= 0.6 is 0 Å². The molecule has 8 aliphatic rings. The van der Waals surface area contributed by atoms with Gasteiger partial charge in [-0.3, -0.25) is 4.90 Å². The molecule has 4 heterocycles. The number of hydrogen-bond donors (Lipinski definition) is 0. The Morgan fingerprint density at radius 3 is 2.79 bits per heavy atom. The summed E-state index contributed by atoms with van der Waals surface area (Å²) in [5, 5.41) is 12.0. The number of carboxylic acids is 1. The number of nitrogens with zero attached hydrogens (tertiary/aromatic N) is 1. The normalized spacial score (nSPS) is 66.4. The number of carbonyl (C=O) groups is 1. The molecule has 4 nitrogen and oxygen atoms in total. The Bertz CT molecular complexity index is 671. The van der Waals surface area contributed by atoms with Gasteiger partial charge in [0.1, 0.15) is 0 Å². The molecule has 0 aromatic rings. The summed E-state index contributed by atoms with van der Waals surface area (Å²) in [5.74, 6) is 0.0820. The van der Waals surface area contributed by atoms with Crippen LogP contribution in [0.5, 0.6) is 0 Å². The quantitative estimate of drug-likeness (QED) is 0.510. The van der Waals surface area contributed by atoms with Crippen molar-refractivity contribution in [3.05, 3.63) is 0 Å². The molecule has 0 N–H and O–H groups in total. The van der Waals surface area contributed by atoms with E-state index in [1.165, 1.54) is 32.2 Å². The smallest absolute Gasteiger partial charge is 0.550 e. The molecule has 9 atom stereocenters. The molecule has 4 aliphatic heterocycles. The first-order valence-electron chi connectivity index (χ1n) is 9.69. The van der Waals surface area contributed by atoms with Crippen LogP contribution in [-0.2, 0) is 9.53 Å². The fourth-order valence-electron chi connectivity index (χ4n) is 10.2. The molecule has 4 saturated heterocycles. The van der Waals surface area contributed by atoms with Gasteiger partial charge in [-0.25, -0.2) is 0 Å². The molecule has 24 heavy (non-hydrogen) atoms. The third-order valence-electron chi connectivity index (χ3n) is 10.4. The molecule has 2 unspecified atom stereocenters. The van der Waals surface area contributed by atoms with Crippen molar-refractivity contribution in [3.63, 3.8) is 0 Å². The topological polar surface area (TPSA) is 52.6 Å². The molecule has 5 heteroatoms. The number of rotatable bonds is 1. The third-order valence-corrected chi connectivity index (χ3v) is 10.4. The minimum Gasteiger partial charge on any atom is -0.550 e. The van der Waals surface area contributed by atoms with E-state index in [1.807, 2.05) is 0 Å². The molecule has 0 radical (unpaired) electrons. The summed E-state index contributed by atoms with van der Waals surface area (Å²) >= 11 is 0. The van der Waals surface area contributed by atoms with Gasteiger partial charge >= 0.3 is 29.6 Å². The van der Waals surface area contributed by atoms with Crippen LogP contribution in [0.25, 0.3) is 0 Å². The Kier molecular flexibility index (Phi) is 2.65. The number of carboxylic acid groups (broad SMARTS) is 1. The summed E-state index contributed by atoms with van der Waals surface area (Å²) in [7, 11) is 0. The summed E-state index contributed by atoms with van der Waals surface area (Å²) in [6.07, 6.45) is 8.14. The zero-order valence-corrected chi connectivity index (χ0v) is 16.6. The fraction of sp³-hybridized carbons (Fsp3) is 0.947. The first-order valence-corrected chi connectivity index (χ1v) is 9.69. The van der Waals surface area contributed by atoms with Gasteiger partial charge in [-0.15, -0.1) is 0 Å². The van der Waals surface area contributed by atoms with Crippen LogP contribution in [0.4, 0.5) is 0 Å². The number of fused-ring (bicyclic) bond motifs is 2. The molecule has 6 bridgehead atoms. The van der Waals surface area contributed by atoms with Gasteiger partial charge in [0.2, 0.25) is 0 Å². The van der Waals surface area contributed by atoms with Gasteiger partial charge in [0.15, 0.2) is 0 Å². The Balaban J connectivity index is 0.00000120. The summed E-state index contributed by atoms with van der Waals surface area (Å²) in [6.45, 7) is 3.32. The van der Waals surface area contributed by atoms with Crippen molar-refractivity contribution in [1.82, 2.24) is 4.90 Å². The van der Waals surface area contributed by atoms with Gasteiger partial charge in [-0.1, -0.05) is 0 Å². The van der Waals surface area contributed by atoms with Crippen molar-refractivity contribution in [1.29, 1.82) is 0 Å². The van der Waals surface area contributed by atoms with Gasteiger partial charge in [-0.05, 0) is 56.8 Å². The number of piperidine rings is 1. The molecule has 0 aromatic heterocycles. The van der Waals surface area contributed by atoms with E-state index < -0.39 is 5.97 Å². The van der Waals surface area contributed by atoms with Crippen molar-refractivity contribution in [3.8, 4) is 0 Å². The van der Waals surface area contributed by atoms with E-state index in [0.29, 0.717) is 12.0 Å². The molecule has 0 amide bonds. The standard InChI is InChI=1S/C19H25NO3.Na/c21-15(22)12-7-18-14-3-4-16(18)10-23-17-5-1-11(16)8-20(14)9-19(17,18)13(12)2-6-17;/h11-14H,1-10H2,(H,21,22);/q;+1/p-1/t11?,12-,13-,14+,16-,17-,18+,19+;/m1./s1. The zero-order chi connectivity index (χ0) is 15.2. The van der Waals surface area contributed by atoms with Gasteiger partial charge in [0.25, 0.3) is 0 Å². The first-order chi connectivity index (χ1) is 11.1. The zero-order valence-electron chi connectivity index (χ0n) is 14.6.